The van der Waals surface area contributed by atoms with E-state index in [4.69, 9.17) is 11.6 Å². The summed E-state index contributed by atoms with van der Waals surface area (Å²) < 4.78 is 6.55. The van der Waals surface area contributed by atoms with Crippen molar-refractivity contribution in [3.63, 3.8) is 0 Å². The monoisotopic (exact) mass is 312 g/mol. The van der Waals surface area contributed by atoms with Gasteiger partial charge >= 0.3 is 0 Å². The Bertz CT molecular complexity index is 571. The Hall–Kier alpha value is -1.55. The lowest BCUT2D eigenvalue weighted by molar-refractivity contribution is -0.138. The predicted molar refractivity (Wildman–Crippen MR) is 88.7 cm³/mol. The van der Waals surface area contributed by atoms with E-state index in [-0.39, 0.29) is 5.60 Å². The maximum absolute atomic E-state index is 9.60. The standard InChI is InChI=1S/C9H9ClN2.C5H10O2.C2H6/c1-6-5-12(2)9-7(10)3-4-11-8(6)9;1-5(2,3)7-4-6;1-2/h3-5H,1-2H3;4H,1-3H3;1-2H3. The Morgan fingerprint density at radius 3 is 2.29 bits per heavy atom. The van der Waals surface area contributed by atoms with Gasteiger partial charge in [-0.15, -0.1) is 0 Å². The average molecular weight is 313 g/mol. The van der Waals surface area contributed by atoms with Gasteiger partial charge in [-0.1, -0.05) is 25.4 Å². The number of ether oxygens (including phenoxy) is 1. The van der Waals surface area contributed by atoms with Crippen LogP contribution in [0.2, 0.25) is 5.02 Å². The number of pyridine rings is 1. The Morgan fingerprint density at radius 2 is 1.90 bits per heavy atom. The molecule has 118 valence electrons. The molecule has 0 aliphatic rings. The highest BCUT2D eigenvalue weighted by Gasteiger charge is 2.07. The Kier molecular flexibility index (Phi) is 8.03. The first-order valence-corrected chi connectivity index (χ1v) is 7.31. The van der Waals surface area contributed by atoms with E-state index < -0.39 is 0 Å². The van der Waals surface area contributed by atoms with Crippen LogP contribution in [0.3, 0.4) is 0 Å². The number of aromatic nitrogens is 2. The lowest BCUT2D eigenvalue weighted by Gasteiger charge is -2.14. The molecule has 0 aliphatic heterocycles. The number of aryl methyl sites for hydroxylation is 2. The van der Waals surface area contributed by atoms with Crippen molar-refractivity contribution in [2.75, 3.05) is 0 Å². The van der Waals surface area contributed by atoms with Crippen LogP contribution in [-0.4, -0.2) is 21.6 Å². The maximum Gasteiger partial charge on any atom is 0.293 e. The van der Waals surface area contributed by atoms with Crippen LogP contribution in [0.15, 0.2) is 18.5 Å². The molecule has 5 heteroatoms. The molecule has 0 fully saturated rings. The van der Waals surface area contributed by atoms with Gasteiger partial charge in [-0.2, -0.15) is 0 Å². The van der Waals surface area contributed by atoms with Crippen LogP contribution in [0.25, 0.3) is 11.0 Å². The van der Waals surface area contributed by atoms with Gasteiger partial charge in [-0.3, -0.25) is 9.78 Å². The predicted octanol–water partition coefficient (Wildman–Crippen LogP) is 4.52. The molecular weight excluding hydrogens is 288 g/mol. The fraction of sp³-hybridized carbons (Fsp3) is 0.500. The first kappa shape index (κ1) is 19.4. The SMILES string of the molecule is CC.CC(C)(C)OC=O.Cc1cn(C)c2c(Cl)ccnc12. The summed E-state index contributed by atoms with van der Waals surface area (Å²) in [5.41, 5.74) is 2.85. The minimum absolute atomic E-state index is 0.318. The molecule has 0 saturated carbocycles. The van der Waals surface area contributed by atoms with Crippen molar-refractivity contribution in [3.05, 3.63) is 29.0 Å². The normalized spacial score (nSPS) is 10.1. The van der Waals surface area contributed by atoms with E-state index in [1.807, 2.05) is 65.4 Å². The van der Waals surface area contributed by atoms with Gasteiger partial charge in [0.25, 0.3) is 6.47 Å². The molecule has 0 N–H and O–H groups in total. The second-order valence-corrected chi connectivity index (χ2v) is 5.65. The number of fused-ring (bicyclic) bond motifs is 1. The molecule has 2 aromatic heterocycles. The van der Waals surface area contributed by atoms with Crippen LogP contribution in [0.4, 0.5) is 0 Å². The van der Waals surface area contributed by atoms with Crippen LogP contribution >= 0.6 is 11.6 Å². The summed E-state index contributed by atoms with van der Waals surface area (Å²) in [5, 5.41) is 0.760. The summed E-state index contributed by atoms with van der Waals surface area (Å²) in [5.74, 6) is 0. The van der Waals surface area contributed by atoms with E-state index in [1.54, 1.807) is 6.20 Å². The van der Waals surface area contributed by atoms with Crippen molar-refractivity contribution < 1.29 is 9.53 Å². The van der Waals surface area contributed by atoms with Crippen molar-refractivity contribution in [1.82, 2.24) is 9.55 Å². The van der Waals surface area contributed by atoms with Crippen LogP contribution < -0.4 is 0 Å². The molecule has 0 saturated heterocycles. The fourth-order valence-electron chi connectivity index (χ4n) is 1.62. The summed E-state index contributed by atoms with van der Waals surface area (Å²) in [6.07, 6.45) is 3.77. The Balaban J connectivity index is 0.000000385. The summed E-state index contributed by atoms with van der Waals surface area (Å²) in [7, 11) is 1.98. The van der Waals surface area contributed by atoms with Gasteiger partial charge in [0.2, 0.25) is 0 Å². The first-order chi connectivity index (χ1) is 9.76. The van der Waals surface area contributed by atoms with Crippen LogP contribution in [0, 0.1) is 6.92 Å². The van der Waals surface area contributed by atoms with E-state index in [1.165, 1.54) is 0 Å². The topological polar surface area (TPSA) is 44.1 Å². The van der Waals surface area contributed by atoms with Crippen molar-refractivity contribution in [1.29, 1.82) is 0 Å². The highest BCUT2D eigenvalue weighted by atomic mass is 35.5. The largest absolute Gasteiger partial charge is 0.462 e. The smallest absolute Gasteiger partial charge is 0.293 e. The van der Waals surface area contributed by atoms with Crippen LogP contribution in [0.1, 0.15) is 40.2 Å². The molecule has 0 atom stereocenters. The van der Waals surface area contributed by atoms with Gasteiger partial charge in [0.15, 0.2) is 0 Å². The molecule has 0 spiro atoms. The number of nitrogens with zero attached hydrogens (tertiary/aromatic N) is 2. The Morgan fingerprint density at radius 1 is 1.33 bits per heavy atom. The van der Waals surface area contributed by atoms with Gasteiger partial charge in [0, 0.05) is 19.4 Å². The van der Waals surface area contributed by atoms with E-state index in [0.717, 1.165) is 21.6 Å². The van der Waals surface area contributed by atoms with E-state index in [2.05, 4.69) is 9.72 Å². The molecule has 0 unspecified atom stereocenters. The van der Waals surface area contributed by atoms with Gasteiger partial charge < -0.3 is 9.30 Å². The zero-order valence-corrected chi connectivity index (χ0v) is 14.7. The maximum atomic E-state index is 9.60. The summed E-state index contributed by atoms with van der Waals surface area (Å²) in [6, 6.07) is 1.81. The molecule has 0 aromatic carbocycles. The molecule has 4 nitrogen and oxygen atoms in total. The van der Waals surface area contributed by atoms with E-state index >= 15 is 0 Å². The third kappa shape index (κ3) is 6.17. The molecule has 2 aromatic rings. The third-order valence-corrected chi connectivity index (χ3v) is 2.70. The highest BCUT2D eigenvalue weighted by Crippen LogP contribution is 2.24. The van der Waals surface area contributed by atoms with Crippen LogP contribution in [-0.2, 0) is 16.6 Å². The minimum atomic E-state index is -0.318. The van der Waals surface area contributed by atoms with E-state index in [9.17, 15) is 4.79 Å². The molecule has 0 aliphatic carbocycles. The summed E-state index contributed by atoms with van der Waals surface area (Å²) in [4.78, 5) is 13.9. The lowest BCUT2D eigenvalue weighted by Crippen LogP contribution is -2.17. The molecule has 0 bridgehead atoms. The van der Waals surface area contributed by atoms with Crippen molar-refractivity contribution >= 4 is 29.1 Å². The number of hydrogen-bond donors (Lipinski definition) is 0. The number of carbonyl (C=O) groups is 1. The fourth-order valence-corrected chi connectivity index (χ4v) is 1.89. The first-order valence-electron chi connectivity index (χ1n) is 6.94. The second-order valence-electron chi connectivity index (χ2n) is 5.24. The third-order valence-electron chi connectivity index (χ3n) is 2.39. The zero-order chi connectivity index (χ0) is 16.6. The molecule has 2 heterocycles. The molecular formula is C16H25ClN2O2. The summed E-state index contributed by atoms with van der Waals surface area (Å²) >= 11 is 6.01. The molecule has 0 radical (unpaired) electrons. The van der Waals surface area contributed by atoms with E-state index in [0.29, 0.717) is 6.47 Å². The van der Waals surface area contributed by atoms with Gasteiger partial charge in [-0.25, -0.2) is 0 Å². The minimum Gasteiger partial charge on any atom is -0.462 e. The second kappa shape index (κ2) is 8.67. The van der Waals surface area contributed by atoms with Gasteiger partial charge in [0.05, 0.1) is 16.1 Å². The molecule has 0 amide bonds. The lowest BCUT2D eigenvalue weighted by atomic mass is 10.2. The highest BCUT2D eigenvalue weighted by molar-refractivity contribution is 6.35. The number of hydrogen-bond acceptors (Lipinski definition) is 3. The number of halogens is 1. The van der Waals surface area contributed by atoms with Gasteiger partial charge in [-0.05, 0) is 39.3 Å². The summed E-state index contributed by atoms with van der Waals surface area (Å²) in [6.45, 7) is 12.0. The average Bonchev–Trinajstić information content (AvgIpc) is 2.68. The molecule has 2 rings (SSSR count). The zero-order valence-electron chi connectivity index (χ0n) is 13.9. The number of carbonyl (C=O) groups excluding carboxylic acids is 1. The number of rotatable bonds is 1. The quantitative estimate of drug-likeness (QED) is 0.727. The Labute approximate surface area is 132 Å². The van der Waals surface area contributed by atoms with Crippen LogP contribution in [0.5, 0.6) is 0 Å². The van der Waals surface area contributed by atoms with Crippen molar-refractivity contribution in [3.8, 4) is 0 Å². The van der Waals surface area contributed by atoms with Crippen molar-refractivity contribution in [2.24, 2.45) is 7.05 Å². The molecule has 21 heavy (non-hydrogen) atoms. The van der Waals surface area contributed by atoms with Gasteiger partial charge in [0.1, 0.15) is 5.60 Å². The van der Waals surface area contributed by atoms with Crippen molar-refractivity contribution in [2.45, 2.75) is 47.1 Å².